The fourth-order valence-corrected chi connectivity index (χ4v) is 1.26. The summed E-state index contributed by atoms with van der Waals surface area (Å²) in [5.74, 6) is -0.352. The molecule has 0 bridgehead atoms. The molecule has 0 fully saturated rings. The number of benzene rings is 1. The second-order valence-corrected chi connectivity index (χ2v) is 3.49. The molecule has 1 rings (SSSR count). The quantitative estimate of drug-likeness (QED) is 0.717. The number of carbonyl (C=O) groups excluding carboxylic acids is 1. The van der Waals surface area contributed by atoms with Crippen molar-refractivity contribution in [3.05, 3.63) is 30.1 Å². The smallest absolute Gasteiger partial charge is 0.319 e. The molecule has 4 N–H and O–H groups in total. The van der Waals surface area contributed by atoms with Crippen molar-refractivity contribution in [2.45, 2.75) is 6.04 Å². The highest BCUT2D eigenvalue weighted by molar-refractivity contribution is 5.89. The number of amides is 2. The number of nitrogens with two attached hydrogens (primary N) is 1. The van der Waals surface area contributed by atoms with Crippen LogP contribution in [0.2, 0.25) is 0 Å². The van der Waals surface area contributed by atoms with E-state index >= 15 is 0 Å². The molecule has 0 aliphatic heterocycles. The van der Waals surface area contributed by atoms with Crippen LogP contribution in [0.3, 0.4) is 0 Å². The standard InChI is InChI=1S/C11H16FN3O2/c1-17-7-10(6-13)15-11(16)14-9-4-2-8(12)3-5-9/h2-5,10H,6-7,13H2,1H3,(H2,14,15,16). The highest BCUT2D eigenvalue weighted by atomic mass is 19.1. The van der Waals surface area contributed by atoms with E-state index in [1.807, 2.05) is 0 Å². The normalized spacial score (nSPS) is 11.9. The third kappa shape index (κ3) is 4.80. The first-order chi connectivity index (χ1) is 8.15. The molecular formula is C11H16FN3O2. The highest BCUT2D eigenvalue weighted by Gasteiger charge is 2.09. The van der Waals surface area contributed by atoms with E-state index in [4.69, 9.17) is 10.5 Å². The largest absolute Gasteiger partial charge is 0.383 e. The zero-order valence-electron chi connectivity index (χ0n) is 9.57. The SMILES string of the molecule is COCC(CN)NC(=O)Nc1ccc(F)cc1. The Balaban J connectivity index is 2.46. The molecule has 17 heavy (non-hydrogen) atoms. The molecule has 0 spiro atoms. The van der Waals surface area contributed by atoms with Gasteiger partial charge in [-0.25, -0.2) is 9.18 Å². The van der Waals surface area contributed by atoms with Gasteiger partial charge in [-0.05, 0) is 24.3 Å². The number of carbonyl (C=O) groups is 1. The minimum Gasteiger partial charge on any atom is -0.383 e. The number of anilines is 1. The minimum absolute atomic E-state index is 0.250. The monoisotopic (exact) mass is 241 g/mol. The molecule has 1 unspecified atom stereocenters. The zero-order valence-corrected chi connectivity index (χ0v) is 9.57. The van der Waals surface area contributed by atoms with Gasteiger partial charge in [-0.2, -0.15) is 0 Å². The van der Waals surface area contributed by atoms with Gasteiger partial charge in [-0.1, -0.05) is 0 Å². The Morgan fingerprint density at radius 3 is 2.65 bits per heavy atom. The average Bonchev–Trinajstić information content (AvgIpc) is 2.31. The van der Waals surface area contributed by atoms with E-state index in [2.05, 4.69) is 10.6 Å². The second kappa shape index (κ2) is 6.82. The third-order valence-corrected chi connectivity index (χ3v) is 2.09. The van der Waals surface area contributed by atoms with E-state index in [0.29, 0.717) is 12.3 Å². The first kappa shape index (κ1) is 13.4. The molecule has 94 valence electrons. The summed E-state index contributed by atoms with van der Waals surface area (Å²) in [6, 6.07) is 4.84. The van der Waals surface area contributed by atoms with Crippen LogP contribution in [0.15, 0.2) is 24.3 Å². The van der Waals surface area contributed by atoms with Crippen molar-refractivity contribution >= 4 is 11.7 Å². The first-order valence-corrected chi connectivity index (χ1v) is 5.17. The number of halogens is 1. The van der Waals surface area contributed by atoms with Gasteiger partial charge < -0.3 is 21.1 Å². The van der Waals surface area contributed by atoms with Crippen molar-refractivity contribution in [2.24, 2.45) is 5.73 Å². The van der Waals surface area contributed by atoms with Gasteiger partial charge in [0.1, 0.15) is 5.82 Å². The Morgan fingerprint density at radius 2 is 2.12 bits per heavy atom. The second-order valence-electron chi connectivity index (χ2n) is 3.49. The Bertz CT molecular complexity index is 356. The van der Waals surface area contributed by atoms with E-state index < -0.39 is 6.03 Å². The van der Waals surface area contributed by atoms with Crippen LogP contribution in [0, 0.1) is 5.82 Å². The van der Waals surface area contributed by atoms with Crippen LogP contribution in [0.25, 0.3) is 0 Å². The number of rotatable bonds is 5. The Morgan fingerprint density at radius 1 is 1.47 bits per heavy atom. The van der Waals surface area contributed by atoms with Gasteiger partial charge in [0.2, 0.25) is 0 Å². The minimum atomic E-state index is -0.399. The number of methoxy groups -OCH3 is 1. The summed E-state index contributed by atoms with van der Waals surface area (Å²) in [5, 5.41) is 5.20. The summed E-state index contributed by atoms with van der Waals surface area (Å²) in [5.41, 5.74) is 5.96. The number of hydrogen-bond donors (Lipinski definition) is 3. The number of urea groups is 1. The molecule has 1 atom stereocenters. The summed E-state index contributed by atoms with van der Waals surface area (Å²) >= 11 is 0. The van der Waals surface area contributed by atoms with Gasteiger partial charge in [0.25, 0.3) is 0 Å². The van der Waals surface area contributed by atoms with Gasteiger partial charge >= 0.3 is 6.03 Å². The molecule has 0 radical (unpaired) electrons. The predicted octanol–water partition coefficient (Wildman–Crippen LogP) is 0.921. The first-order valence-electron chi connectivity index (χ1n) is 5.17. The lowest BCUT2D eigenvalue weighted by Crippen LogP contribution is -2.45. The Hall–Kier alpha value is -1.66. The third-order valence-electron chi connectivity index (χ3n) is 2.09. The number of nitrogens with one attached hydrogen (secondary N) is 2. The lowest BCUT2D eigenvalue weighted by atomic mass is 10.3. The molecule has 0 aromatic heterocycles. The van der Waals surface area contributed by atoms with Crippen LogP contribution in [0.5, 0.6) is 0 Å². The molecule has 0 aliphatic rings. The van der Waals surface area contributed by atoms with Gasteiger partial charge in [0.15, 0.2) is 0 Å². The fourth-order valence-electron chi connectivity index (χ4n) is 1.26. The van der Waals surface area contributed by atoms with Gasteiger partial charge in [-0.15, -0.1) is 0 Å². The van der Waals surface area contributed by atoms with Crippen molar-refractivity contribution in [1.82, 2.24) is 5.32 Å². The van der Waals surface area contributed by atoms with Crippen molar-refractivity contribution < 1.29 is 13.9 Å². The van der Waals surface area contributed by atoms with E-state index in [1.54, 1.807) is 0 Å². The van der Waals surface area contributed by atoms with Crippen molar-refractivity contribution in [3.8, 4) is 0 Å². The molecule has 2 amide bonds. The molecule has 6 heteroatoms. The highest BCUT2D eigenvalue weighted by Crippen LogP contribution is 2.07. The Kier molecular flexibility index (Phi) is 5.38. The lowest BCUT2D eigenvalue weighted by molar-refractivity contribution is 0.169. The van der Waals surface area contributed by atoms with Crippen molar-refractivity contribution in [1.29, 1.82) is 0 Å². The van der Waals surface area contributed by atoms with Crippen LogP contribution in [-0.2, 0) is 4.74 Å². The van der Waals surface area contributed by atoms with E-state index in [1.165, 1.54) is 31.4 Å². The topological polar surface area (TPSA) is 76.4 Å². The van der Waals surface area contributed by atoms with Crippen LogP contribution in [-0.4, -0.2) is 32.3 Å². The maximum atomic E-state index is 12.6. The summed E-state index contributed by atoms with van der Waals surface area (Å²) in [6.45, 7) is 0.623. The maximum Gasteiger partial charge on any atom is 0.319 e. The fraction of sp³-hybridized carbons (Fsp3) is 0.364. The van der Waals surface area contributed by atoms with E-state index in [0.717, 1.165) is 0 Å². The Labute approximate surface area is 99.1 Å². The van der Waals surface area contributed by atoms with Crippen LogP contribution in [0.4, 0.5) is 14.9 Å². The number of hydrogen-bond acceptors (Lipinski definition) is 3. The van der Waals surface area contributed by atoms with Gasteiger partial charge in [0, 0.05) is 19.3 Å². The summed E-state index contributed by atoms with van der Waals surface area (Å²) < 4.78 is 17.5. The van der Waals surface area contributed by atoms with Crippen LogP contribution < -0.4 is 16.4 Å². The van der Waals surface area contributed by atoms with Gasteiger partial charge in [0.05, 0.1) is 12.6 Å². The summed E-state index contributed by atoms with van der Waals surface area (Å²) in [6.07, 6.45) is 0. The van der Waals surface area contributed by atoms with Crippen LogP contribution >= 0.6 is 0 Å². The van der Waals surface area contributed by atoms with Crippen molar-refractivity contribution in [3.63, 3.8) is 0 Å². The van der Waals surface area contributed by atoms with Gasteiger partial charge in [-0.3, -0.25) is 0 Å². The van der Waals surface area contributed by atoms with E-state index in [-0.39, 0.29) is 18.4 Å². The maximum absolute atomic E-state index is 12.6. The molecule has 1 aromatic rings. The molecular weight excluding hydrogens is 225 g/mol. The molecule has 0 heterocycles. The molecule has 0 saturated heterocycles. The number of ether oxygens (including phenoxy) is 1. The summed E-state index contributed by atoms with van der Waals surface area (Å²) in [7, 11) is 1.53. The van der Waals surface area contributed by atoms with Crippen LogP contribution in [0.1, 0.15) is 0 Å². The molecule has 5 nitrogen and oxygen atoms in total. The predicted molar refractivity (Wildman–Crippen MR) is 63.3 cm³/mol. The van der Waals surface area contributed by atoms with E-state index in [9.17, 15) is 9.18 Å². The molecule has 0 aliphatic carbocycles. The zero-order chi connectivity index (χ0) is 12.7. The average molecular weight is 241 g/mol. The summed E-state index contributed by atoms with van der Waals surface area (Å²) in [4.78, 5) is 11.5. The van der Waals surface area contributed by atoms with Crippen molar-refractivity contribution in [2.75, 3.05) is 25.6 Å². The lowest BCUT2D eigenvalue weighted by Gasteiger charge is -2.16. The molecule has 0 saturated carbocycles. The molecule has 1 aromatic carbocycles.